The van der Waals surface area contributed by atoms with Gasteiger partial charge in [0.1, 0.15) is 19.0 Å². The van der Waals surface area contributed by atoms with E-state index in [1.165, 1.54) is 20.0 Å². The summed E-state index contributed by atoms with van der Waals surface area (Å²) in [5.74, 6) is 1.11. The molecule has 0 aromatic heterocycles. The summed E-state index contributed by atoms with van der Waals surface area (Å²) in [7, 11) is 4.95. The minimum Gasteiger partial charge on any atom is -0.491 e. The zero-order valence-corrected chi connectivity index (χ0v) is 19.9. The highest BCUT2D eigenvalue weighted by molar-refractivity contribution is 5.99. The topological polar surface area (TPSA) is 80.3 Å². The summed E-state index contributed by atoms with van der Waals surface area (Å²) in [5.41, 5.74) is 0.954. The zero-order valence-electron chi connectivity index (χ0n) is 19.9. The number of carbonyl (C=O) groups is 2. The molecule has 0 radical (unpaired) electrons. The lowest BCUT2D eigenvalue weighted by Gasteiger charge is -2.36. The lowest BCUT2D eigenvalue weighted by Crippen LogP contribution is -2.47. The number of hydrogen-bond donors (Lipinski definition) is 1. The number of nitrogens with zero attached hydrogens (tertiary/aromatic N) is 2. The van der Waals surface area contributed by atoms with E-state index in [1.807, 2.05) is 0 Å². The Labute approximate surface area is 191 Å². The molecule has 0 bridgehead atoms. The Hall–Kier alpha value is -2.16. The Morgan fingerprint density at radius 1 is 1.22 bits per heavy atom. The second-order valence-electron chi connectivity index (χ2n) is 9.19. The molecule has 1 aromatic rings. The van der Waals surface area contributed by atoms with E-state index in [1.54, 1.807) is 37.3 Å². The highest BCUT2D eigenvalue weighted by Gasteiger charge is 2.31. The molecule has 2 amide bonds. The van der Waals surface area contributed by atoms with Crippen LogP contribution in [-0.2, 0) is 14.3 Å². The monoisotopic (exact) mass is 447 g/mol. The van der Waals surface area contributed by atoms with Crippen LogP contribution in [0.5, 0.6) is 5.75 Å². The molecule has 1 aliphatic heterocycles. The first kappa shape index (κ1) is 24.5. The van der Waals surface area contributed by atoms with Crippen LogP contribution in [0.15, 0.2) is 18.2 Å². The van der Waals surface area contributed by atoms with E-state index < -0.39 is 0 Å². The number of methoxy groups -OCH3 is 2. The fraction of sp³-hybridized carbons (Fsp3) is 0.667. The standard InChI is InChI=1S/C24H37N3O5/c1-16-11-27(12-18-6-7-18)17(2)14-32-21-9-8-19(25-23(28)15-30-4)10-20(21)24(29)26(3)13-22(16)31-5/h8-10,16-18,22H,6-7,11-15H2,1-5H3,(H,25,28)/t16-,17+,22+/m1/s1. The molecule has 178 valence electrons. The molecule has 0 spiro atoms. The summed E-state index contributed by atoms with van der Waals surface area (Å²) in [4.78, 5) is 29.4. The Bertz CT molecular complexity index is 798. The summed E-state index contributed by atoms with van der Waals surface area (Å²) >= 11 is 0. The van der Waals surface area contributed by atoms with Crippen LogP contribution in [0.25, 0.3) is 0 Å². The molecule has 0 unspecified atom stereocenters. The molecule has 1 fully saturated rings. The molecule has 1 saturated carbocycles. The Kier molecular flexibility index (Phi) is 8.51. The highest BCUT2D eigenvalue weighted by Crippen LogP contribution is 2.31. The van der Waals surface area contributed by atoms with E-state index in [9.17, 15) is 9.59 Å². The molecule has 8 nitrogen and oxygen atoms in total. The Balaban J connectivity index is 1.89. The van der Waals surface area contributed by atoms with E-state index in [2.05, 4.69) is 24.1 Å². The second kappa shape index (κ2) is 11.1. The lowest BCUT2D eigenvalue weighted by atomic mass is 10.0. The van der Waals surface area contributed by atoms with Crippen molar-refractivity contribution in [3.63, 3.8) is 0 Å². The largest absolute Gasteiger partial charge is 0.491 e. The number of carbonyl (C=O) groups excluding carboxylic acids is 2. The maximum absolute atomic E-state index is 13.3. The molecule has 32 heavy (non-hydrogen) atoms. The number of benzene rings is 1. The average Bonchev–Trinajstić information content (AvgIpc) is 3.58. The van der Waals surface area contributed by atoms with E-state index in [4.69, 9.17) is 14.2 Å². The molecular weight excluding hydrogens is 410 g/mol. The molecule has 1 aromatic carbocycles. The van der Waals surface area contributed by atoms with Gasteiger partial charge in [-0.25, -0.2) is 0 Å². The van der Waals surface area contributed by atoms with Gasteiger partial charge in [0, 0.05) is 52.6 Å². The van der Waals surface area contributed by atoms with Crippen LogP contribution >= 0.6 is 0 Å². The number of ether oxygens (including phenoxy) is 3. The molecule has 2 aliphatic rings. The molecule has 0 saturated heterocycles. The number of hydrogen-bond acceptors (Lipinski definition) is 6. The molecule has 1 heterocycles. The van der Waals surface area contributed by atoms with Gasteiger partial charge in [-0.15, -0.1) is 0 Å². The van der Waals surface area contributed by atoms with Crippen LogP contribution in [0.1, 0.15) is 37.0 Å². The van der Waals surface area contributed by atoms with Crippen molar-refractivity contribution in [2.45, 2.75) is 38.8 Å². The van der Waals surface area contributed by atoms with Crippen LogP contribution in [0.3, 0.4) is 0 Å². The van der Waals surface area contributed by atoms with Gasteiger partial charge in [0.25, 0.3) is 5.91 Å². The van der Waals surface area contributed by atoms with Gasteiger partial charge in [0.15, 0.2) is 0 Å². The molecule has 3 rings (SSSR count). The third-order valence-electron chi connectivity index (χ3n) is 6.32. The second-order valence-corrected chi connectivity index (χ2v) is 9.19. The van der Waals surface area contributed by atoms with Crippen molar-refractivity contribution < 1.29 is 23.8 Å². The van der Waals surface area contributed by atoms with Gasteiger partial charge in [0.2, 0.25) is 5.91 Å². The number of fused-ring (bicyclic) bond motifs is 1. The Morgan fingerprint density at radius 2 is 1.97 bits per heavy atom. The van der Waals surface area contributed by atoms with Crippen LogP contribution in [-0.4, -0.2) is 87.9 Å². The van der Waals surface area contributed by atoms with Crippen molar-refractivity contribution >= 4 is 17.5 Å². The zero-order chi connectivity index (χ0) is 23.3. The van der Waals surface area contributed by atoms with Gasteiger partial charge in [-0.2, -0.15) is 0 Å². The minimum atomic E-state index is -0.278. The van der Waals surface area contributed by atoms with Crippen molar-refractivity contribution in [1.82, 2.24) is 9.80 Å². The minimum absolute atomic E-state index is 0.0524. The fourth-order valence-corrected chi connectivity index (χ4v) is 4.14. The van der Waals surface area contributed by atoms with E-state index in [0.29, 0.717) is 30.2 Å². The van der Waals surface area contributed by atoms with Crippen LogP contribution in [0, 0.1) is 11.8 Å². The van der Waals surface area contributed by atoms with Crippen LogP contribution in [0.4, 0.5) is 5.69 Å². The first-order valence-corrected chi connectivity index (χ1v) is 11.4. The van der Waals surface area contributed by atoms with Gasteiger partial charge in [-0.05, 0) is 49.8 Å². The molecule has 3 atom stereocenters. The normalized spacial score (nSPS) is 25.3. The highest BCUT2D eigenvalue weighted by atomic mass is 16.5. The maximum Gasteiger partial charge on any atom is 0.257 e. The van der Waals surface area contributed by atoms with Gasteiger partial charge < -0.3 is 24.4 Å². The quantitative estimate of drug-likeness (QED) is 0.722. The molecule has 1 N–H and O–H groups in total. The summed E-state index contributed by atoms with van der Waals surface area (Å²) in [5, 5.41) is 2.76. The van der Waals surface area contributed by atoms with Crippen LogP contribution in [0.2, 0.25) is 0 Å². The van der Waals surface area contributed by atoms with Gasteiger partial charge in [-0.3, -0.25) is 14.5 Å². The fourth-order valence-electron chi connectivity index (χ4n) is 4.14. The van der Waals surface area contributed by atoms with E-state index in [0.717, 1.165) is 19.0 Å². The maximum atomic E-state index is 13.3. The van der Waals surface area contributed by atoms with Crippen molar-refractivity contribution in [1.29, 1.82) is 0 Å². The van der Waals surface area contributed by atoms with Gasteiger partial charge in [0.05, 0.1) is 11.7 Å². The SMILES string of the molecule is COCC(=O)Nc1ccc2c(c1)C(=O)N(C)C[C@H](OC)[C@H](C)CN(CC1CC1)[C@@H](C)CO2. The number of nitrogens with one attached hydrogen (secondary N) is 1. The van der Waals surface area contributed by atoms with Gasteiger partial charge >= 0.3 is 0 Å². The first-order valence-electron chi connectivity index (χ1n) is 11.4. The number of amides is 2. The van der Waals surface area contributed by atoms with E-state index >= 15 is 0 Å². The summed E-state index contributed by atoms with van der Waals surface area (Å²) in [6.45, 7) is 7.23. The van der Waals surface area contributed by atoms with Crippen molar-refractivity contribution in [2.75, 3.05) is 59.4 Å². The van der Waals surface area contributed by atoms with Crippen molar-refractivity contribution in [3.05, 3.63) is 23.8 Å². The smallest absolute Gasteiger partial charge is 0.257 e. The van der Waals surface area contributed by atoms with Crippen molar-refractivity contribution in [3.8, 4) is 5.75 Å². The number of rotatable bonds is 6. The lowest BCUT2D eigenvalue weighted by molar-refractivity contribution is -0.119. The first-order chi connectivity index (χ1) is 15.3. The third-order valence-corrected chi connectivity index (χ3v) is 6.32. The molecular formula is C24H37N3O5. The summed E-state index contributed by atoms with van der Waals surface area (Å²) < 4.78 is 16.8. The molecule has 8 heteroatoms. The molecule has 1 aliphatic carbocycles. The third kappa shape index (κ3) is 6.43. The predicted octanol–water partition coefficient (Wildman–Crippen LogP) is 2.49. The summed E-state index contributed by atoms with van der Waals surface area (Å²) in [6.07, 6.45) is 2.51. The van der Waals surface area contributed by atoms with Gasteiger partial charge in [-0.1, -0.05) is 6.92 Å². The van der Waals surface area contributed by atoms with Crippen molar-refractivity contribution in [2.24, 2.45) is 11.8 Å². The van der Waals surface area contributed by atoms with E-state index in [-0.39, 0.29) is 36.5 Å². The number of anilines is 1. The van der Waals surface area contributed by atoms with Crippen LogP contribution < -0.4 is 10.1 Å². The average molecular weight is 448 g/mol. The Morgan fingerprint density at radius 3 is 2.62 bits per heavy atom. The predicted molar refractivity (Wildman–Crippen MR) is 123 cm³/mol. The summed E-state index contributed by atoms with van der Waals surface area (Å²) in [6, 6.07) is 5.38. The number of likely N-dealkylation sites (N-methyl/N-ethyl adjacent to an activating group) is 1.